The molecule has 0 radical (unpaired) electrons. The first-order chi connectivity index (χ1) is 16.7. The molecule has 1 aliphatic rings. The molecular weight excluding hydrogens is 450 g/mol. The van der Waals surface area contributed by atoms with Gasteiger partial charge >= 0.3 is 0 Å². The minimum atomic E-state index is -1.18. The number of methoxy groups -OCH3 is 2. The first-order valence-corrected chi connectivity index (χ1v) is 11.5. The summed E-state index contributed by atoms with van der Waals surface area (Å²) < 4.78 is 10.5. The fourth-order valence-corrected chi connectivity index (χ4v) is 4.09. The quantitative estimate of drug-likeness (QED) is 0.458. The van der Waals surface area contributed by atoms with E-state index in [4.69, 9.17) is 9.47 Å². The van der Waals surface area contributed by atoms with Crippen molar-refractivity contribution in [3.05, 3.63) is 53.6 Å². The van der Waals surface area contributed by atoms with Crippen molar-refractivity contribution in [1.82, 2.24) is 10.4 Å². The number of amides is 4. The van der Waals surface area contributed by atoms with Gasteiger partial charge in [-0.3, -0.25) is 24.6 Å². The van der Waals surface area contributed by atoms with Crippen LogP contribution in [0.4, 0.5) is 5.69 Å². The zero-order chi connectivity index (χ0) is 25.7. The zero-order valence-electron chi connectivity index (χ0n) is 20.7. The largest absolute Gasteiger partial charge is 0.497 e. The molecule has 2 aromatic rings. The van der Waals surface area contributed by atoms with Gasteiger partial charge in [0.25, 0.3) is 11.8 Å². The Kier molecular flexibility index (Phi) is 8.11. The Morgan fingerprint density at radius 1 is 1.06 bits per heavy atom. The smallest absolute Gasteiger partial charge is 0.269 e. The predicted molar refractivity (Wildman–Crippen MR) is 130 cm³/mol. The number of nitrogens with zero attached hydrogens (tertiary/aromatic N) is 2. The number of carbonyl (C=O) groups is 4. The van der Waals surface area contributed by atoms with E-state index in [9.17, 15) is 19.2 Å². The van der Waals surface area contributed by atoms with Crippen molar-refractivity contribution < 1.29 is 28.7 Å². The van der Waals surface area contributed by atoms with Gasteiger partial charge in [-0.1, -0.05) is 31.5 Å². The monoisotopic (exact) mass is 481 g/mol. The Morgan fingerprint density at radius 2 is 1.69 bits per heavy atom. The van der Waals surface area contributed by atoms with E-state index in [0.29, 0.717) is 29.9 Å². The maximum absolute atomic E-state index is 13.5. The van der Waals surface area contributed by atoms with Crippen LogP contribution in [0.25, 0.3) is 0 Å². The van der Waals surface area contributed by atoms with Gasteiger partial charge in [0, 0.05) is 29.7 Å². The van der Waals surface area contributed by atoms with E-state index in [1.165, 1.54) is 14.2 Å². The Balaban J connectivity index is 1.97. The second-order valence-corrected chi connectivity index (χ2v) is 8.39. The van der Waals surface area contributed by atoms with Crippen LogP contribution in [-0.4, -0.2) is 48.9 Å². The third kappa shape index (κ3) is 5.45. The highest BCUT2D eigenvalue weighted by atomic mass is 16.5. The molecule has 186 valence electrons. The molecule has 9 heteroatoms. The lowest BCUT2D eigenvalue weighted by Gasteiger charge is -2.30. The molecule has 1 N–H and O–H groups in total. The van der Waals surface area contributed by atoms with Gasteiger partial charge in [-0.15, -0.1) is 0 Å². The van der Waals surface area contributed by atoms with Gasteiger partial charge in [0.2, 0.25) is 11.8 Å². The zero-order valence-corrected chi connectivity index (χ0v) is 20.7. The summed E-state index contributed by atoms with van der Waals surface area (Å²) in [5, 5.41) is 1.04. The van der Waals surface area contributed by atoms with Gasteiger partial charge in [0.05, 0.1) is 26.3 Å². The van der Waals surface area contributed by atoms with E-state index < -0.39 is 35.6 Å². The van der Waals surface area contributed by atoms with Crippen molar-refractivity contribution in [2.75, 3.05) is 19.1 Å². The van der Waals surface area contributed by atoms with Gasteiger partial charge in [0.1, 0.15) is 17.5 Å². The van der Waals surface area contributed by atoms with Gasteiger partial charge in [-0.2, -0.15) is 0 Å². The standard InChI is InChI=1S/C26H31N3O6/c1-6-17(7-2)25(32)29(27-24(31)18-10-8-9-16(3)11-18)22-15-23(30)28(26(22)33)19-12-20(34-4)14-21(13-19)35-5/h8-14,17,22H,6-7,15H2,1-5H3,(H,27,31). The van der Waals surface area contributed by atoms with E-state index >= 15 is 0 Å². The number of benzene rings is 2. The van der Waals surface area contributed by atoms with Crippen LogP contribution >= 0.6 is 0 Å². The van der Waals surface area contributed by atoms with Crippen molar-refractivity contribution in [3.8, 4) is 11.5 Å². The Morgan fingerprint density at radius 3 is 2.23 bits per heavy atom. The van der Waals surface area contributed by atoms with E-state index in [0.717, 1.165) is 15.5 Å². The fraction of sp³-hybridized carbons (Fsp3) is 0.385. The predicted octanol–water partition coefficient (Wildman–Crippen LogP) is 3.25. The highest BCUT2D eigenvalue weighted by molar-refractivity contribution is 6.23. The van der Waals surface area contributed by atoms with Crippen molar-refractivity contribution in [2.45, 2.75) is 46.1 Å². The second kappa shape index (κ2) is 11.0. The Hall–Kier alpha value is -3.88. The lowest BCUT2D eigenvalue weighted by molar-refractivity contribution is -0.145. The number of carbonyl (C=O) groups excluding carboxylic acids is 4. The molecule has 9 nitrogen and oxygen atoms in total. The van der Waals surface area contributed by atoms with Gasteiger partial charge in [0.15, 0.2) is 0 Å². The van der Waals surface area contributed by atoms with Crippen LogP contribution in [0.1, 0.15) is 49.0 Å². The van der Waals surface area contributed by atoms with Crippen LogP contribution < -0.4 is 19.8 Å². The van der Waals surface area contributed by atoms with Crippen molar-refractivity contribution in [1.29, 1.82) is 0 Å². The summed E-state index contributed by atoms with van der Waals surface area (Å²) in [6.07, 6.45) is 0.786. The van der Waals surface area contributed by atoms with Crippen molar-refractivity contribution in [3.63, 3.8) is 0 Å². The van der Waals surface area contributed by atoms with E-state index in [1.807, 2.05) is 26.8 Å². The topological polar surface area (TPSA) is 105 Å². The Labute approximate surface area is 205 Å². The number of hydrazine groups is 1. The summed E-state index contributed by atoms with van der Waals surface area (Å²) in [5.41, 5.74) is 4.10. The average Bonchev–Trinajstić information content (AvgIpc) is 3.15. The lowest BCUT2D eigenvalue weighted by Crippen LogP contribution is -2.56. The maximum Gasteiger partial charge on any atom is 0.269 e. The number of ether oxygens (including phenoxy) is 2. The highest BCUT2D eigenvalue weighted by Gasteiger charge is 2.46. The van der Waals surface area contributed by atoms with Gasteiger partial charge in [-0.25, -0.2) is 9.91 Å². The Bertz CT molecular complexity index is 1110. The number of aryl methyl sites for hydroxylation is 1. The van der Waals surface area contributed by atoms with Crippen LogP contribution in [0.5, 0.6) is 11.5 Å². The minimum absolute atomic E-state index is 0.263. The number of anilines is 1. The molecule has 4 amide bonds. The van der Waals surface area contributed by atoms with Gasteiger partial charge in [-0.05, 0) is 31.9 Å². The summed E-state index contributed by atoms with van der Waals surface area (Å²) in [6.45, 7) is 5.58. The summed E-state index contributed by atoms with van der Waals surface area (Å²) in [7, 11) is 2.93. The SMILES string of the molecule is CCC(CC)C(=O)N(NC(=O)c1cccc(C)c1)C1CC(=O)N(c2cc(OC)cc(OC)c2)C1=O. The first-order valence-electron chi connectivity index (χ1n) is 11.5. The number of imide groups is 1. The molecule has 1 heterocycles. The molecule has 1 saturated heterocycles. The van der Waals surface area contributed by atoms with E-state index in [2.05, 4.69) is 5.43 Å². The van der Waals surface area contributed by atoms with Crippen LogP contribution in [0.2, 0.25) is 0 Å². The fourth-order valence-electron chi connectivity index (χ4n) is 4.09. The van der Waals surface area contributed by atoms with Crippen LogP contribution in [-0.2, 0) is 14.4 Å². The number of hydrogen-bond acceptors (Lipinski definition) is 6. The molecule has 35 heavy (non-hydrogen) atoms. The first kappa shape index (κ1) is 25.7. The average molecular weight is 482 g/mol. The molecular formula is C26H31N3O6. The number of rotatable bonds is 8. The van der Waals surface area contributed by atoms with Crippen LogP contribution in [0.15, 0.2) is 42.5 Å². The summed E-state index contributed by atoms with van der Waals surface area (Å²) in [6, 6.07) is 10.4. The second-order valence-electron chi connectivity index (χ2n) is 8.39. The van der Waals surface area contributed by atoms with Crippen LogP contribution in [0.3, 0.4) is 0 Å². The van der Waals surface area contributed by atoms with E-state index in [-0.39, 0.29) is 12.1 Å². The third-order valence-corrected chi connectivity index (χ3v) is 6.10. The van der Waals surface area contributed by atoms with Crippen molar-refractivity contribution >= 4 is 29.3 Å². The minimum Gasteiger partial charge on any atom is -0.497 e. The van der Waals surface area contributed by atoms with Gasteiger partial charge < -0.3 is 9.47 Å². The summed E-state index contributed by atoms with van der Waals surface area (Å²) in [5.74, 6) is -1.66. The lowest BCUT2D eigenvalue weighted by atomic mass is 10.0. The molecule has 3 rings (SSSR count). The number of hydrogen-bond donors (Lipinski definition) is 1. The molecule has 1 atom stereocenters. The highest BCUT2D eigenvalue weighted by Crippen LogP contribution is 2.33. The molecule has 2 aromatic carbocycles. The number of nitrogens with one attached hydrogen (secondary N) is 1. The molecule has 0 saturated carbocycles. The summed E-state index contributed by atoms with van der Waals surface area (Å²) in [4.78, 5) is 54.0. The molecule has 1 fully saturated rings. The summed E-state index contributed by atoms with van der Waals surface area (Å²) >= 11 is 0. The van der Waals surface area contributed by atoms with Crippen molar-refractivity contribution in [2.24, 2.45) is 5.92 Å². The van der Waals surface area contributed by atoms with E-state index in [1.54, 1.807) is 36.4 Å². The van der Waals surface area contributed by atoms with Crippen LogP contribution in [0, 0.1) is 12.8 Å². The molecule has 1 unspecified atom stereocenters. The third-order valence-electron chi connectivity index (χ3n) is 6.10. The molecule has 1 aliphatic heterocycles. The maximum atomic E-state index is 13.5. The molecule has 0 bridgehead atoms. The molecule has 0 spiro atoms. The molecule has 0 aliphatic carbocycles. The molecule has 0 aromatic heterocycles. The normalized spacial score (nSPS) is 15.4.